The summed E-state index contributed by atoms with van der Waals surface area (Å²) in [5.41, 5.74) is 3.85. The van der Waals surface area contributed by atoms with Crippen LogP contribution in [-0.2, 0) is 16.6 Å². The van der Waals surface area contributed by atoms with Crippen LogP contribution in [0.3, 0.4) is 0 Å². The number of anilines is 2. The van der Waals surface area contributed by atoms with Crippen molar-refractivity contribution in [3.05, 3.63) is 77.9 Å². The fourth-order valence-corrected chi connectivity index (χ4v) is 5.13. The second-order valence-corrected chi connectivity index (χ2v) is 10.1. The van der Waals surface area contributed by atoms with Gasteiger partial charge in [-0.1, -0.05) is 23.8 Å². The van der Waals surface area contributed by atoms with Crippen molar-refractivity contribution in [2.75, 3.05) is 50.0 Å². The second kappa shape index (κ2) is 10.4. The molecule has 0 unspecified atom stereocenters. The number of nitrogens with zero attached hydrogens (tertiary/aromatic N) is 2. The van der Waals surface area contributed by atoms with E-state index in [0.717, 1.165) is 55.5 Å². The Labute approximate surface area is 202 Å². The third kappa shape index (κ3) is 5.63. The van der Waals surface area contributed by atoms with Crippen molar-refractivity contribution in [2.45, 2.75) is 18.4 Å². The minimum Gasteiger partial charge on any atom is -0.493 e. The van der Waals surface area contributed by atoms with Crippen LogP contribution in [0, 0.1) is 6.92 Å². The molecule has 1 saturated heterocycles. The molecule has 0 aliphatic carbocycles. The Hall–Kier alpha value is -3.23. The summed E-state index contributed by atoms with van der Waals surface area (Å²) in [7, 11) is -0.337. The topological polar surface area (TPSA) is 71.1 Å². The van der Waals surface area contributed by atoms with Crippen LogP contribution in [0.25, 0.3) is 0 Å². The number of hydrogen-bond acceptors (Lipinski definition) is 6. The molecular weight excluding hydrogens is 450 g/mol. The van der Waals surface area contributed by atoms with Gasteiger partial charge in [0.15, 0.2) is 11.5 Å². The first-order valence-electron chi connectivity index (χ1n) is 11.3. The highest BCUT2D eigenvalue weighted by Gasteiger charge is 2.19. The van der Waals surface area contributed by atoms with E-state index in [1.807, 2.05) is 43.3 Å². The highest BCUT2D eigenvalue weighted by Crippen LogP contribution is 2.28. The summed E-state index contributed by atoms with van der Waals surface area (Å²) in [6.07, 6.45) is 0. The number of methoxy groups -OCH3 is 2. The van der Waals surface area contributed by atoms with Crippen molar-refractivity contribution < 1.29 is 17.9 Å². The smallest absolute Gasteiger partial charge is 0.261 e. The van der Waals surface area contributed by atoms with Gasteiger partial charge >= 0.3 is 0 Å². The molecule has 0 bridgehead atoms. The van der Waals surface area contributed by atoms with Crippen LogP contribution >= 0.6 is 0 Å². The fourth-order valence-electron chi connectivity index (χ4n) is 4.07. The van der Waals surface area contributed by atoms with Gasteiger partial charge in [0.25, 0.3) is 10.0 Å². The zero-order valence-electron chi connectivity index (χ0n) is 19.8. The average Bonchev–Trinajstić information content (AvgIpc) is 2.86. The molecule has 1 fully saturated rings. The number of hydrogen-bond donors (Lipinski definition) is 1. The van der Waals surface area contributed by atoms with Gasteiger partial charge in [0.2, 0.25) is 0 Å². The minimum absolute atomic E-state index is 0.254. The number of rotatable bonds is 8. The van der Waals surface area contributed by atoms with Gasteiger partial charge in [-0.25, -0.2) is 8.42 Å². The number of nitrogens with one attached hydrogen (secondary N) is 1. The largest absolute Gasteiger partial charge is 0.493 e. The molecule has 1 aliphatic heterocycles. The molecule has 0 aromatic heterocycles. The van der Waals surface area contributed by atoms with E-state index in [2.05, 4.69) is 20.6 Å². The number of sulfonamides is 1. The molecule has 34 heavy (non-hydrogen) atoms. The summed E-state index contributed by atoms with van der Waals surface area (Å²) in [5, 5.41) is 0. The number of benzene rings is 3. The Bertz CT molecular complexity index is 1200. The van der Waals surface area contributed by atoms with Crippen molar-refractivity contribution in [1.29, 1.82) is 0 Å². The first-order valence-corrected chi connectivity index (χ1v) is 12.7. The minimum atomic E-state index is -3.62. The summed E-state index contributed by atoms with van der Waals surface area (Å²) >= 11 is 0. The molecule has 0 atom stereocenters. The van der Waals surface area contributed by atoms with Gasteiger partial charge in [-0.15, -0.1) is 0 Å². The van der Waals surface area contributed by atoms with Crippen LogP contribution in [0.4, 0.5) is 11.4 Å². The number of piperazine rings is 1. The van der Waals surface area contributed by atoms with Crippen molar-refractivity contribution in [1.82, 2.24) is 4.90 Å². The fraction of sp³-hybridized carbons (Fsp3) is 0.308. The quantitative estimate of drug-likeness (QED) is 0.522. The Morgan fingerprint density at radius 2 is 1.47 bits per heavy atom. The standard InChI is InChI=1S/C26H31N3O4S/c1-20-4-7-22(8-5-20)27-34(30,31)24-11-9-23(10-12-24)29-16-14-28(15-17-29)19-21-6-13-25(32-2)26(18-21)33-3/h4-13,18,27H,14-17,19H2,1-3H3. The first-order chi connectivity index (χ1) is 16.4. The van der Waals surface area contributed by atoms with Crippen molar-refractivity contribution in [3.8, 4) is 11.5 Å². The SMILES string of the molecule is COc1ccc(CN2CCN(c3ccc(S(=O)(=O)Nc4ccc(C)cc4)cc3)CC2)cc1OC. The lowest BCUT2D eigenvalue weighted by atomic mass is 10.1. The van der Waals surface area contributed by atoms with Crippen LogP contribution in [0.5, 0.6) is 11.5 Å². The molecule has 0 spiro atoms. The van der Waals surface area contributed by atoms with Gasteiger partial charge in [0.1, 0.15) is 0 Å². The van der Waals surface area contributed by atoms with Crippen LogP contribution < -0.4 is 19.1 Å². The van der Waals surface area contributed by atoms with Gasteiger partial charge in [0.05, 0.1) is 19.1 Å². The molecular formula is C26H31N3O4S. The van der Waals surface area contributed by atoms with Crippen molar-refractivity contribution in [3.63, 3.8) is 0 Å². The van der Waals surface area contributed by atoms with E-state index in [1.165, 1.54) is 5.56 Å². The third-order valence-electron chi connectivity index (χ3n) is 6.04. The first kappa shape index (κ1) is 23.9. The molecule has 4 rings (SSSR count). The molecule has 0 saturated carbocycles. The molecule has 180 valence electrons. The van der Waals surface area contributed by atoms with E-state index in [1.54, 1.807) is 38.5 Å². The molecule has 8 heteroatoms. The number of ether oxygens (including phenoxy) is 2. The zero-order chi connectivity index (χ0) is 24.1. The molecule has 1 aliphatic rings. The summed E-state index contributed by atoms with van der Waals surface area (Å²) in [6.45, 7) is 6.40. The van der Waals surface area contributed by atoms with E-state index >= 15 is 0 Å². The van der Waals surface area contributed by atoms with E-state index in [0.29, 0.717) is 5.69 Å². The lowest BCUT2D eigenvalue weighted by Crippen LogP contribution is -2.45. The average molecular weight is 482 g/mol. The van der Waals surface area contributed by atoms with E-state index in [-0.39, 0.29) is 4.90 Å². The zero-order valence-corrected chi connectivity index (χ0v) is 20.6. The molecule has 1 N–H and O–H groups in total. The Balaban J connectivity index is 1.34. The van der Waals surface area contributed by atoms with Gasteiger partial charge in [-0.2, -0.15) is 0 Å². The van der Waals surface area contributed by atoms with Gasteiger partial charge < -0.3 is 14.4 Å². The van der Waals surface area contributed by atoms with Gasteiger partial charge in [-0.05, 0) is 61.0 Å². The lowest BCUT2D eigenvalue weighted by Gasteiger charge is -2.36. The Kier molecular flexibility index (Phi) is 7.29. The molecule has 7 nitrogen and oxygen atoms in total. The van der Waals surface area contributed by atoms with Crippen LogP contribution in [-0.4, -0.2) is 53.7 Å². The number of aryl methyl sites for hydroxylation is 1. The Morgan fingerprint density at radius 1 is 0.824 bits per heavy atom. The second-order valence-electron chi connectivity index (χ2n) is 8.42. The maximum Gasteiger partial charge on any atom is 0.261 e. The molecule has 3 aromatic rings. The molecule has 3 aromatic carbocycles. The monoisotopic (exact) mass is 481 g/mol. The predicted octanol–water partition coefficient (Wildman–Crippen LogP) is 4.14. The normalized spacial score (nSPS) is 14.6. The van der Waals surface area contributed by atoms with Crippen LogP contribution in [0.15, 0.2) is 71.6 Å². The Morgan fingerprint density at radius 3 is 2.09 bits per heavy atom. The third-order valence-corrected chi connectivity index (χ3v) is 7.44. The van der Waals surface area contributed by atoms with E-state index in [4.69, 9.17) is 9.47 Å². The summed E-state index contributed by atoms with van der Waals surface area (Å²) in [5.74, 6) is 1.47. The van der Waals surface area contributed by atoms with E-state index in [9.17, 15) is 8.42 Å². The maximum atomic E-state index is 12.7. The van der Waals surface area contributed by atoms with Crippen LogP contribution in [0.2, 0.25) is 0 Å². The maximum absolute atomic E-state index is 12.7. The van der Waals surface area contributed by atoms with Crippen molar-refractivity contribution >= 4 is 21.4 Å². The molecule has 1 heterocycles. The predicted molar refractivity (Wildman–Crippen MR) is 135 cm³/mol. The summed E-state index contributed by atoms with van der Waals surface area (Å²) in [6, 6.07) is 20.4. The molecule has 0 amide bonds. The van der Waals surface area contributed by atoms with Gasteiger partial charge in [-0.3, -0.25) is 9.62 Å². The summed E-state index contributed by atoms with van der Waals surface area (Å²) in [4.78, 5) is 4.95. The van der Waals surface area contributed by atoms with Crippen LogP contribution in [0.1, 0.15) is 11.1 Å². The highest BCUT2D eigenvalue weighted by atomic mass is 32.2. The lowest BCUT2D eigenvalue weighted by molar-refractivity contribution is 0.249. The van der Waals surface area contributed by atoms with Gasteiger partial charge in [0, 0.05) is 44.1 Å². The van der Waals surface area contributed by atoms with Crippen molar-refractivity contribution in [2.24, 2.45) is 0 Å². The molecule has 0 radical (unpaired) electrons. The highest BCUT2D eigenvalue weighted by molar-refractivity contribution is 7.92. The summed E-state index contributed by atoms with van der Waals surface area (Å²) < 4.78 is 38.8. The van der Waals surface area contributed by atoms with E-state index < -0.39 is 10.0 Å².